The van der Waals surface area contributed by atoms with E-state index < -0.39 is 5.82 Å². The van der Waals surface area contributed by atoms with Gasteiger partial charge in [0.05, 0.1) is 12.7 Å². The van der Waals surface area contributed by atoms with Gasteiger partial charge >= 0.3 is 0 Å². The number of aryl methyl sites for hydroxylation is 1. The Labute approximate surface area is 122 Å². The molecule has 21 heavy (non-hydrogen) atoms. The van der Waals surface area contributed by atoms with Crippen molar-refractivity contribution in [2.45, 2.75) is 25.7 Å². The summed E-state index contributed by atoms with van der Waals surface area (Å²) in [5, 5.41) is 3.99. The summed E-state index contributed by atoms with van der Waals surface area (Å²) in [5.41, 5.74) is 0.992. The first kappa shape index (κ1) is 14.0. The molecule has 1 aliphatic heterocycles. The van der Waals surface area contributed by atoms with Gasteiger partial charge in [0.15, 0.2) is 5.82 Å². The molecule has 2 aromatic rings. The van der Waals surface area contributed by atoms with Crippen LogP contribution in [0.25, 0.3) is 11.5 Å². The summed E-state index contributed by atoms with van der Waals surface area (Å²) in [6.45, 7) is 3.18. The summed E-state index contributed by atoms with van der Waals surface area (Å²) in [7, 11) is 1.55. The normalized spacial score (nSPS) is 16.1. The highest BCUT2D eigenvalue weighted by molar-refractivity contribution is 5.58. The molecule has 0 aliphatic carbocycles. The van der Waals surface area contributed by atoms with Gasteiger partial charge in [0, 0.05) is 19.1 Å². The third kappa shape index (κ3) is 2.76. The van der Waals surface area contributed by atoms with Crippen LogP contribution in [0.4, 0.5) is 4.39 Å². The van der Waals surface area contributed by atoms with Gasteiger partial charge in [-0.25, -0.2) is 4.39 Å². The number of nitrogens with zero attached hydrogens (tertiary/aromatic N) is 2. The number of aromatic nitrogens is 2. The maximum atomic E-state index is 14.1. The second kappa shape index (κ2) is 5.81. The zero-order chi connectivity index (χ0) is 14.8. The Morgan fingerprint density at radius 3 is 2.76 bits per heavy atom. The minimum absolute atomic E-state index is 0.187. The lowest BCUT2D eigenvalue weighted by Crippen LogP contribution is -2.15. The van der Waals surface area contributed by atoms with Crippen molar-refractivity contribution in [3.8, 4) is 17.2 Å². The fourth-order valence-electron chi connectivity index (χ4n) is 2.50. The van der Waals surface area contributed by atoms with Crippen LogP contribution in [-0.2, 0) is 4.74 Å². The van der Waals surface area contributed by atoms with Crippen molar-refractivity contribution in [1.82, 2.24) is 10.1 Å². The standard InChI is InChI=1S/C15H17FN2O3/c1-9-7-12(16)11(8-13(9)19-2)15-17-14(18-21-15)10-3-5-20-6-4-10/h7-8,10H,3-6H2,1-2H3. The summed E-state index contributed by atoms with van der Waals surface area (Å²) in [5.74, 6) is 1.22. The van der Waals surface area contributed by atoms with Crippen LogP contribution in [0.15, 0.2) is 16.7 Å². The number of hydrogen-bond acceptors (Lipinski definition) is 5. The molecule has 0 atom stereocenters. The van der Waals surface area contributed by atoms with E-state index in [0.717, 1.165) is 18.4 Å². The smallest absolute Gasteiger partial charge is 0.261 e. The molecule has 6 heteroatoms. The van der Waals surface area contributed by atoms with Crippen molar-refractivity contribution in [2.24, 2.45) is 0 Å². The van der Waals surface area contributed by atoms with Gasteiger partial charge in [0.1, 0.15) is 11.6 Å². The van der Waals surface area contributed by atoms with Crippen LogP contribution in [0.3, 0.4) is 0 Å². The second-order valence-corrected chi connectivity index (χ2v) is 5.15. The van der Waals surface area contributed by atoms with Gasteiger partial charge < -0.3 is 14.0 Å². The van der Waals surface area contributed by atoms with Crippen molar-refractivity contribution in [3.63, 3.8) is 0 Å². The summed E-state index contributed by atoms with van der Waals surface area (Å²) < 4.78 is 29.9. The minimum atomic E-state index is -0.393. The molecule has 1 saturated heterocycles. The molecular weight excluding hydrogens is 275 g/mol. The van der Waals surface area contributed by atoms with Crippen molar-refractivity contribution < 1.29 is 18.4 Å². The second-order valence-electron chi connectivity index (χ2n) is 5.15. The van der Waals surface area contributed by atoms with E-state index in [4.69, 9.17) is 14.0 Å². The predicted molar refractivity (Wildman–Crippen MR) is 73.8 cm³/mol. The van der Waals surface area contributed by atoms with E-state index in [1.807, 2.05) is 0 Å². The molecule has 1 fully saturated rings. The monoisotopic (exact) mass is 292 g/mol. The average Bonchev–Trinajstić information content (AvgIpc) is 2.98. The van der Waals surface area contributed by atoms with Gasteiger partial charge in [-0.1, -0.05) is 5.16 Å². The van der Waals surface area contributed by atoms with Crippen LogP contribution in [0, 0.1) is 12.7 Å². The first-order valence-corrected chi connectivity index (χ1v) is 6.95. The molecule has 2 heterocycles. The number of methoxy groups -OCH3 is 1. The van der Waals surface area contributed by atoms with E-state index in [9.17, 15) is 4.39 Å². The van der Waals surface area contributed by atoms with Crippen LogP contribution in [0.5, 0.6) is 5.75 Å². The van der Waals surface area contributed by atoms with Crippen LogP contribution in [-0.4, -0.2) is 30.5 Å². The summed E-state index contributed by atoms with van der Waals surface area (Å²) in [6, 6.07) is 3.00. The molecule has 0 unspecified atom stereocenters. The van der Waals surface area contributed by atoms with E-state index in [1.165, 1.54) is 6.07 Å². The van der Waals surface area contributed by atoms with Crippen LogP contribution >= 0.6 is 0 Å². The van der Waals surface area contributed by atoms with Gasteiger partial charge in [-0.05, 0) is 37.5 Å². The van der Waals surface area contributed by atoms with Crippen LogP contribution in [0.1, 0.15) is 30.1 Å². The highest BCUT2D eigenvalue weighted by Gasteiger charge is 2.23. The molecule has 5 nitrogen and oxygen atoms in total. The first-order chi connectivity index (χ1) is 10.2. The minimum Gasteiger partial charge on any atom is -0.496 e. The molecule has 112 valence electrons. The quantitative estimate of drug-likeness (QED) is 0.870. The van der Waals surface area contributed by atoms with Crippen molar-refractivity contribution >= 4 is 0 Å². The summed E-state index contributed by atoms with van der Waals surface area (Å²) >= 11 is 0. The molecule has 0 N–H and O–H groups in total. The van der Waals surface area contributed by atoms with Crippen LogP contribution in [0.2, 0.25) is 0 Å². The van der Waals surface area contributed by atoms with Crippen LogP contribution < -0.4 is 4.74 Å². The highest BCUT2D eigenvalue weighted by Crippen LogP contribution is 2.31. The zero-order valence-electron chi connectivity index (χ0n) is 12.1. The molecular formula is C15H17FN2O3. The predicted octanol–water partition coefficient (Wildman–Crippen LogP) is 3.09. The fourth-order valence-corrected chi connectivity index (χ4v) is 2.50. The van der Waals surface area contributed by atoms with Gasteiger partial charge in [-0.15, -0.1) is 0 Å². The SMILES string of the molecule is COc1cc(-c2nc(C3CCOCC3)no2)c(F)cc1C. The maximum absolute atomic E-state index is 14.1. The number of benzene rings is 1. The number of rotatable bonds is 3. The molecule has 0 bridgehead atoms. The highest BCUT2D eigenvalue weighted by atomic mass is 19.1. The average molecular weight is 292 g/mol. The van der Waals surface area contributed by atoms with E-state index in [-0.39, 0.29) is 17.4 Å². The van der Waals surface area contributed by atoms with Gasteiger partial charge in [-0.3, -0.25) is 0 Å². The maximum Gasteiger partial charge on any atom is 0.261 e. The molecule has 1 aromatic carbocycles. The first-order valence-electron chi connectivity index (χ1n) is 6.95. The van der Waals surface area contributed by atoms with E-state index in [1.54, 1.807) is 20.1 Å². The number of ether oxygens (including phenoxy) is 2. The van der Waals surface area contributed by atoms with E-state index in [2.05, 4.69) is 10.1 Å². The van der Waals surface area contributed by atoms with Gasteiger partial charge in [0.2, 0.25) is 0 Å². The van der Waals surface area contributed by atoms with Crippen molar-refractivity contribution in [2.75, 3.05) is 20.3 Å². The Kier molecular flexibility index (Phi) is 3.88. The van der Waals surface area contributed by atoms with Gasteiger partial charge in [-0.2, -0.15) is 4.98 Å². The third-order valence-electron chi connectivity index (χ3n) is 3.74. The third-order valence-corrected chi connectivity index (χ3v) is 3.74. The van der Waals surface area contributed by atoms with Crippen molar-refractivity contribution in [3.05, 3.63) is 29.3 Å². The molecule has 0 radical (unpaired) electrons. The molecule has 1 aromatic heterocycles. The van der Waals surface area contributed by atoms with Gasteiger partial charge in [0.25, 0.3) is 5.89 Å². The van der Waals surface area contributed by atoms with E-state index in [0.29, 0.717) is 24.8 Å². The lowest BCUT2D eigenvalue weighted by atomic mass is 10.00. The molecule has 3 rings (SSSR count). The molecule has 0 amide bonds. The zero-order valence-corrected chi connectivity index (χ0v) is 12.1. The number of hydrogen-bond donors (Lipinski definition) is 0. The Balaban J connectivity index is 1.92. The number of halogens is 1. The van der Waals surface area contributed by atoms with E-state index >= 15 is 0 Å². The Hall–Kier alpha value is -1.95. The molecule has 0 spiro atoms. The summed E-state index contributed by atoms with van der Waals surface area (Å²) in [4.78, 5) is 4.34. The Morgan fingerprint density at radius 2 is 2.05 bits per heavy atom. The lowest BCUT2D eigenvalue weighted by Gasteiger charge is -2.18. The van der Waals surface area contributed by atoms with Crippen molar-refractivity contribution in [1.29, 1.82) is 0 Å². The lowest BCUT2D eigenvalue weighted by molar-refractivity contribution is 0.0830. The Bertz CT molecular complexity index is 636. The molecule has 1 aliphatic rings. The molecule has 0 saturated carbocycles. The topological polar surface area (TPSA) is 57.4 Å². The Morgan fingerprint density at radius 1 is 1.29 bits per heavy atom. The summed E-state index contributed by atoms with van der Waals surface area (Å²) in [6.07, 6.45) is 1.72. The fraction of sp³-hybridized carbons (Fsp3) is 0.467. The largest absolute Gasteiger partial charge is 0.496 e.